The summed E-state index contributed by atoms with van der Waals surface area (Å²) in [6.45, 7) is 2.09. The van der Waals surface area contributed by atoms with Crippen molar-refractivity contribution in [3.8, 4) is 0 Å². The molecule has 0 amide bonds. The fourth-order valence-corrected chi connectivity index (χ4v) is 1.70. The highest BCUT2D eigenvalue weighted by atomic mass is 19.4. The van der Waals surface area contributed by atoms with E-state index in [1.165, 1.54) is 12.1 Å². The first kappa shape index (κ1) is 14.0. The van der Waals surface area contributed by atoms with Gasteiger partial charge < -0.3 is 5.73 Å². The van der Waals surface area contributed by atoms with E-state index in [9.17, 15) is 13.2 Å². The van der Waals surface area contributed by atoms with E-state index in [0.29, 0.717) is 6.42 Å². The maximum atomic E-state index is 12.3. The molecule has 0 aliphatic rings. The SMILES string of the molecule is CCCCC(N)Cc1ccc(C(F)(F)F)cc1. The number of unbranched alkanes of at least 4 members (excludes halogenated alkanes) is 1. The number of alkyl halides is 3. The fourth-order valence-electron chi connectivity index (χ4n) is 1.70. The average molecular weight is 245 g/mol. The molecule has 2 N–H and O–H groups in total. The normalized spacial score (nSPS) is 13.7. The number of halogens is 3. The quantitative estimate of drug-likeness (QED) is 0.839. The number of nitrogens with two attached hydrogens (primary N) is 1. The Morgan fingerprint density at radius 2 is 1.76 bits per heavy atom. The summed E-state index contributed by atoms with van der Waals surface area (Å²) in [5.74, 6) is 0. The minimum Gasteiger partial charge on any atom is -0.327 e. The van der Waals surface area contributed by atoms with Crippen molar-refractivity contribution < 1.29 is 13.2 Å². The van der Waals surface area contributed by atoms with Crippen molar-refractivity contribution in [1.29, 1.82) is 0 Å². The molecule has 17 heavy (non-hydrogen) atoms. The van der Waals surface area contributed by atoms with Crippen molar-refractivity contribution in [1.82, 2.24) is 0 Å². The predicted octanol–water partition coefficient (Wildman–Crippen LogP) is 3.77. The minimum atomic E-state index is -4.26. The molecule has 0 aromatic heterocycles. The molecular weight excluding hydrogens is 227 g/mol. The molecule has 0 aliphatic heterocycles. The highest BCUT2D eigenvalue weighted by Crippen LogP contribution is 2.29. The first-order valence-electron chi connectivity index (χ1n) is 5.85. The van der Waals surface area contributed by atoms with Crippen LogP contribution in [0.1, 0.15) is 37.3 Å². The Morgan fingerprint density at radius 1 is 1.18 bits per heavy atom. The number of benzene rings is 1. The summed E-state index contributed by atoms with van der Waals surface area (Å²) in [6, 6.07) is 5.28. The Kier molecular flexibility index (Phi) is 5.00. The molecule has 0 radical (unpaired) electrons. The van der Waals surface area contributed by atoms with E-state index >= 15 is 0 Å². The molecule has 4 heteroatoms. The van der Waals surface area contributed by atoms with Crippen LogP contribution in [0.2, 0.25) is 0 Å². The third kappa shape index (κ3) is 4.77. The van der Waals surface area contributed by atoms with Gasteiger partial charge in [-0.05, 0) is 30.5 Å². The summed E-state index contributed by atoms with van der Waals surface area (Å²) in [5, 5.41) is 0. The average Bonchev–Trinajstić information content (AvgIpc) is 2.26. The van der Waals surface area contributed by atoms with Crippen molar-refractivity contribution in [3.63, 3.8) is 0 Å². The van der Waals surface area contributed by atoms with Gasteiger partial charge in [0.25, 0.3) is 0 Å². The van der Waals surface area contributed by atoms with Crippen molar-refractivity contribution in [2.45, 2.75) is 44.8 Å². The Bertz CT molecular complexity index is 330. The van der Waals surface area contributed by atoms with E-state index in [2.05, 4.69) is 6.92 Å². The van der Waals surface area contributed by atoms with E-state index in [1.807, 2.05) is 0 Å². The van der Waals surface area contributed by atoms with Crippen LogP contribution in [0, 0.1) is 0 Å². The van der Waals surface area contributed by atoms with Crippen LogP contribution in [0.5, 0.6) is 0 Å². The summed E-state index contributed by atoms with van der Waals surface area (Å²) in [6.07, 6.45) is -0.568. The Morgan fingerprint density at radius 3 is 2.24 bits per heavy atom. The van der Waals surface area contributed by atoms with Crippen molar-refractivity contribution in [3.05, 3.63) is 35.4 Å². The first-order chi connectivity index (χ1) is 7.93. The Balaban J connectivity index is 2.56. The van der Waals surface area contributed by atoms with Crippen LogP contribution in [-0.4, -0.2) is 6.04 Å². The van der Waals surface area contributed by atoms with Gasteiger partial charge in [0.1, 0.15) is 0 Å². The molecule has 96 valence electrons. The monoisotopic (exact) mass is 245 g/mol. The van der Waals surface area contributed by atoms with Crippen LogP contribution in [0.25, 0.3) is 0 Å². The lowest BCUT2D eigenvalue weighted by Crippen LogP contribution is -2.22. The standard InChI is InChI=1S/C13H18F3N/c1-2-3-4-12(17)9-10-5-7-11(8-6-10)13(14,15)16/h5-8,12H,2-4,9,17H2,1H3. The molecule has 1 unspecified atom stereocenters. The van der Waals surface area contributed by atoms with Crippen LogP contribution < -0.4 is 5.73 Å². The molecule has 0 saturated heterocycles. The molecule has 0 bridgehead atoms. The summed E-state index contributed by atoms with van der Waals surface area (Å²) in [7, 11) is 0. The van der Waals surface area contributed by atoms with Crippen LogP contribution in [0.3, 0.4) is 0 Å². The smallest absolute Gasteiger partial charge is 0.327 e. The zero-order chi connectivity index (χ0) is 12.9. The van der Waals surface area contributed by atoms with Gasteiger partial charge in [0.05, 0.1) is 5.56 Å². The van der Waals surface area contributed by atoms with Gasteiger partial charge in [0.2, 0.25) is 0 Å². The molecule has 0 spiro atoms. The minimum absolute atomic E-state index is 0.0340. The van der Waals surface area contributed by atoms with Crippen molar-refractivity contribution in [2.24, 2.45) is 5.73 Å². The summed E-state index contributed by atoms with van der Waals surface area (Å²) >= 11 is 0. The Hall–Kier alpha value is -1.03. The molecule has 0 fully saturated rings. The maximum absolute atomic E-state index is 12.3. The van der Waals surface area contributed by atoms with Gasteiger partial charge in [0, 0.05) is 6.04 Å². The van der Waals surface area contributed by atoms with Gasteiger partial charge in [-0.15, -0.1) is 0 Å². The molecule has 1 rings (SSSR count). The van der Waals surface area contributed by atoms with E-state index in [-0.39, 0.29) is 6.04 Å². The van der Waals surface area contributed by atoms with Gasteiger partial charge in [-0.2, -0.15) is 13.2 Å². The second-order valence-corrected chi connectivity index (χ2v) is 4.30. The van der Waals surface area contributed by atoms with Crippen molar-refractivity contribution in [2.75, 3.05) is 0 Å². The van der Waals surface area contributed by atoms with Gasteiger partial charge in [-0.3, -0.25) is 0 Å². The van der Waals surface area contributed by atoms with Crippen LogP contribution in [-0.2, 0) is 12.6 Å². The lowest BCUT2D eigenvalue weighted by Gasteiger charge is -2.12. The largest absolute Gasteiger partial charge is 0.416 e. The number of hydrogen-bond acceptors (Lipinski definition) is 1. The third-order valence-electron chi connectivity index (χ3n) is 2.71. The third-order valence-corrected chi connectivity index (χ3v) is 2.71. The fraction of sp³-hybridized carbons (Fsp3) is 0.538. The van der Waals surface area contributed by atoms with E-state index in [4.69, 9.17) is 5.73 Å². The Labute approximate surface area is 99.8 Å². The zero-order valence-electron chi connectivity index (χ0n) is 9.93. The summed E-state index contributed by atoms with van der Waals surface area (Å²) < 4.78 is 37.0. The molecule has 0 aliphatic carbocycles. The summed E-state index contributed by atoms with van der Waals surface area (Å²) in [5.41, 5.74) is 6.15. The van der Waals surface area contributed by atoms with E-state index in [1.54, 1.807) is 0 Å². The lowest BCUT2D eigenvalue weighted by atomic mass is 10.0. The molecule has 1 aromatic carbocycles. The van der Waals surface area contributed by atoms with Crippen LogP contribution in [0.4, 0.5) is 13.2 Å². The second kappa shape index (κ2) is 6.05. The lowest BCUT2D eigenvalue weighted by molar-refractivity contribution is -0.137. The second-order valence-electron chi connectivity index (χ2n) is 4.30. The molecule has 1 nitrogen and oxygen atoms in total. The van der Waals surface area contributed by atoms with Gasteiger partial charge in [0.15, 0.2) is 0 Å². The molecule has 0 saturated carbocycles. The van der Waals surface area contributed by atoms with E-state index in [0.717, 1.165) is 37.0 Å². The number of rotatable bonds is 5. The number of hydrogen-bond donors (Lipinski definition) is 1. The van der Waals surface area contributed by atoms with Gasteiger partial charge in [-0.1, -0.05) is 31.9 Å². The highest BCUT2D eigenvalue weighted by Gasteiger charge is 2.29. The first-order valence-corrected chi connectivity index (χ1v) is 5.85. The van der Waals surface area contributed by atoms with Gasteiger partial charge >= 0.3 is 6.18 Å². The molecule has 1 atom stereocenters. The maximum Gasteiger partial charge on any atom is 0.416 e. The highest BCUT2D eigenvalue weighted by molar-refractivity contribution is 5.25. The molecule has 1 aromatic rings. The molecule has 0 heterocycles. The zero-order valence-corrected chi connectivity index (χ0v) is 9.93. The van der Waals surface area contributed by atoms with Crippen LogP contribution in [0.15, 0.2) is 24.3 Å². The van der Waals surface area contributed by atoms with Gasteiger partial charge in [-0.25, -0.2) is 0 Å². The summed E-state index contributed by atoms with van der Waals surface area (Å²) in [4.78, 5) is 0. The van der Waals surface area contributed by atoms with Crippen molar-refractivity contribution >= 4 is 0 Å². The molecular formula is C13H18F3N. The van der Waals surface area contributed by atoms with E-state index < -0.39 is 11.7 Å². The predicted molar refractivity (Wildman–Crippen MR) is 62.6 cm³/mol. The van der Waals surface area contributed by atoms with Crippen LogP contribution >= 0.6 is 0 Å². The topological polar surface area (TPSA) is 26.0 Å².